The van der Waals surface area contributed by atoms with Gasteiger partial charge in [0.2, 0.25) is 5.91 Å². The maximum Gasteiger partial charge on any atom is 0.292 e. The number of para-hydroxylation sites is 2. The van der Waals surface area contributed by atoms with Crippen molar-refractivity contribution in [3.05, 3.63) is 34.4 Å². The van der Waals surface area contributed by atoms with Crippen LogP contribution in [-0.4, -0.2) is 34.9 Å². The van der Waals surface area contributed by atoms with Crippen molar-refractivity contribution in [2.24, 2.45) is 0 Å². The molecule has 1 saturated heterocycles. The van der Waals surface area contributed by atoms with E-state index in [1.54, 1.807) is 18.2 Å². The van der Waals surface area contributed by atoms with Gasteiger partial charge in [0.1, 0.15) is 5.69 Å². The molecule has 114 valence electrons. The Labute approximate surface area is 124 Å². The molecule has 1 heterocycles. The van der Waals surface area contributed by atoms with Gasteiger partial charge in [0.05, 0.1) is 11.0 Å². The molecule has 0 aliphatic carbocycles. The smallest absolute Gasteiger partial charge is 0.292 e. The van der Waals surface area contributed by atoms with Crippen molar-refractivity contribution in [1.29, 1.82) is 0 Å². The fraction of sp³-hybridized carbons (Fsp3) is 0.533. The lowest BCUT2D eigenvalue weighted by atomic mass is 10.2. The Balaban J connectivity index is 2.05. The molecule has 1 amide bonds. The Bertz CT molecular complexity index is 511. The van der Waals surface area contributed by atoms with E-state index in [-0.39, 0.29) is 23.3 Å². The molecule has 0 saturated carbocycles. The van der Waals surface area contributed by atoms with Crippen molar-refractivity contribution >= 4 is 17.3 Å². The molecule has 2 rings (SSSR count). The standard InChI is InChI=1S/C15H21N3O3/c1-12(17-10-6-2-3-7-11-17)15(19)16-13-8-4-5-9-14(13)18(20)21/h4-5,8-9,12H,2-3,6-7,10-11H2,1H3,(H,16,19). The second kappa shape index (κ2) is 7.17. The summed E-state index contributed by atoms with van der Waals surface area (Å²) in [5, 5.41) is 13.7. The van der Waals surface area contributed by atoms with Crippen molar-refractivity contribution in [1.82, 2.24) is 4.90 Å². The van der Waals surface area contributed by atoms with E-state index in [0.717, 1.165) is 25.9 Å². The Morgan fingerprint density at radius 3 is 2.48 bits per heavy atom. The number of hydrogen-bond acceptors (Lipinski definition) is 4. The van der Waals surface area contributed by atoms with Gasteiger partial charge in [-0.15, -0.1) is 0 Å². The highest BCUT2D eigenvalue weighted by atomic mass is 16.6. The van der Waals surface area contributed by atoms with E-state index in [9.17, 15) is 14.9 Å². The Hall–Kier alpha value is -1.95. The van der Waals surface area contributed by atoms with Gasteiger partial charge in [-0.3, -0.25) is 19.8 Å². The molecule has 0 radical (unpaired) electrons. The zero-order valence-corrected chi connectivity index (χ0v) is 12.2. The minimum atomic E-state index is -0.480. The number of nitrogens with zero attached hydrogens (tertiary/aromatic N) is 2. The van der Waals surface area contributed by atoms with E-state index in [1.807, 2.05) is 6.92 Å². The largest absolute Gasteiger partial charge is 0.319 e. The number of hydrogen-bond donors (Lipinski definition) is 1. The maximum atomic E-state index is 12.3. The summed E-state index contributed by atoms with van der Waals surface area (Å²) in [4.78, 5) is 25.0. The lowest BCUT2D eigenvalue weighted by Crippen LogP contribution is -2.42. The molecule has 1 aromatic carbocycles. The number of carbonyl (C=O) groups is 1. The highest BCUT2D eigenvalue weighted by Gasteiger charge is 2.24. The van der Waals surface area contributed by atoms with E-state index in [4.69, 9.17) is 0 Å². The summed E-state index contributed by atoms with van der Waals surface area (Å²) in [6.45, 7) is 3.67. The molecule has 1 aliphatic heterocycles. The Morgan fingerprint density at radius 2 is 1.86 bits per heavy atom. The summed E-state index contributed by atoms with van der Waals surface area (Å²) in [6, 6.07) is 5.95. The van der Waals surface area contributed by atoms with Crippen LogP contribution in [-0.2, 0) is 4.79 Å². The van der Waals surface area contributed by atoms with Crippen LogP contribution in [0.2, 0.25) is 0 Å². The first-order chi connectivity index (χ1) is 10.1. The fourth-order valence-electron chi connectivity index (χ4n) is 2.62. The van der Waals surface area contributed by atoms with Crippen LogP contribution in [0.4, 0.5) is 11.4 Å². The van der Waals surface area contributed by atoms with E-state index in [1.165, 1.54) is 18.9 Å². The Morgan fingerprint density at radius 1 is 1.24 bits per heavy atom. The number of benzene rings is 1. The molecule has 1 aliphatic rings. The van der Waals surface area contributed by atoms with Gasteiger partial charge in [-0.25, -0.2) is 0 Å². The molecular formula is C15H21N3O3. The summed E-state index contributed by atoms with van der Waals surface area (Å²) in [7, 11) is 0. The zero-order valence-electron chi connectivity index (χ0n) is 12.2. The number of anilines is 1. The second-order valence-corrected chi connectivity index (χ2v) is 5.39. The van der Waals surface area contributed by atoms with Gasteiger partial charge in [-0.2, -0.15) is 0 Å². The van der Waals surface area contributed by atoms with Crippen LogP contribution in [0.5, 0.6) is 0 Å². The lowest BCUT2D eigenvalue weighted by Gasteiger charge is -2.26. The normalized spacial score (nSPS) is 17.8. The van der Waals surface area contributed by atoms with Crippen LogP contribution >= 0.6 is 0 Å². The molecule has 1 unspecified atom stereocenters. The SMILES string of the molecule is CC(C(=O)Nc1ccccc1[N+](=O)[O-])N1CCCCCC1. The molecule has 0 spiro atoms. The van der Waals surface area contributed by atoms with Gasteiger partial charge in [0.25, 0.3) is 5.69 Å². The summed E-state index contributed by atoms with van der Waals surface area (Å²) in [6.07, 6.45) is 4.61. The average Bonchev–Trinajstić information content (AvgIpc) is 2.75. The number of likely N-dealkylation sites (tertiary alicyclic amines) is 1. The van der Waals surface area contributed by atoms with Crippen LogP contribution < -0.4 is 5.32 Å². The summed E-state index contributed by atoms with van der Waals surface area (Å²) < 4.78 is 0. The minimum absolute atomic E-state index is 0.0751. The van der Waals surface area contributed by atoms with Gasteiger partial charge in [-0.05, 0) is 38.9 Å². The highest BCUT2D eigenvalue weighted by Crippen LogP contribution is 2.23. The maximum absolute atomic E-state index is 12.3. The predicted molar refractivity (Wildman–Crippen MR) is 81.2 cm³/mol. The zero-order chi connectivity index (χ0) is 15.2. The van der Waals surface area contributed by atoms with Crippen LogP contribution in [0, 0.1) is 10.1 Å². The quantitative estimate of drug-likeness (QED) is 0.683. The predicted octanol–water partition coefficient (Wildman–Crippen LogP) is 2.80. The summed E-state index contributed by atoms with van der Waals surface area (Å²) >= 11 is 0. The first kappa shape index (κ1) is 15.4. The number of nitro benzene ring substituents is 1. The van der Waals surface area contributed by atoms with Crippen LogP contribution in [0.1, 0.15) is 32.6 Å². The molecule has 6 heteroatoms. The minimum Gasteiger partial charge on any atom is -0.319 e. The number of rotatable bonds is 4. The van der Waals surface area contributed by atoms with Crippen LogP contribution in [0.15, 0.2) is 24.3 Å². The summed E-state index contributed by atoms with van der Waals surface area (Å²) in [5.74, 6) is -0.189. The van der Waals surface area contributed by atoms with E-state index < -0.39 is 4.92 Å². The molecule has 0 aromatic heterocycles. The molecular weight excluding hydrogens is 270 g/mol. The molecule has 0 bridgehead atoms. The average molecular weight is 291 g/mol. The van der Waals surface area contributed by atoms with Crippen LogP contribution in [0.3, 0.4) is 0 Å². The molecule has 1 fully saturated rings. The number of nitro groups is 1. The third kappa shape index (κ3) is 4.01. The van der Waals surface area contributed by atoms with Gasteiger partial charge in [-0.1, -0.05) is 25.0 Å². The van der Waals surface area contributed by atoms with E-state index in [2.05, 4.69) is 10.2 Å². The third-order valence-electron chi connectivity index (χ3n) is 3.93. The topological polar surface area (TPSA) is 75.5 Å². The number of carbonyl (C=O) groups excluding carboxylic acids is 1. The highest BCUT2D eigenvalue weighted by molar-refractivity contribution is 5.96. The van der Waals surface area contributed by atoms with Crippen molar-refractivity contribution in [3.8, 4) is 0 Å². The molecule has 21 heavy (non-hydrogen) atoms. The summed E-state index contributed by atoms with van der Waals surface area (Å²) in [5.41, 5.74) is 0.183. The van der Waals surface area contributed by atoms with Crippen molar-refractivity contribution in [2.75, 3.05) is 18.4 Å². The van der Waals surface area contributed by atoms with Crippen LogP contribution in [0.25, 0.3) is 0 Å². The fourth-order valence-corrected chi connectivity index (χ4v) is 2.62. The van der Waals surface area contributed by atoms with Crippen molar-refractivity contribution in [2.45, 2.75) is 38.6 Å². The van der Waals surface area contributed by atoms with Gasteiger partial charge < -0.3 is 5.32 Å². The van der Waals surface area contributed by atoms with Gasteiger partial charge in [0.15, 0.2) is 0 Å². The second-order valence-electron chi connectivity index (χ2n) is 5.39. The number of amides is 1. The van der Waals surface area contributed by atoms with Crippen molar-refractivity contribution < 1.29 is 9.72 Å². The third-order valence-corrected chi connectivity index (χ3v) is 3.93. The molecule has 6 nitrogen and oxygen atoms in total. The lowest BCUT2D eigenvalue weighted by molar-refractivity contribution is -0.383. The molecule has 1 N–H and O–H groups in total. The van der Waals surface area contributed by atoms with E-state index >= 15 is 0 Å². The number of nitrogens with one attached hydrogen (secondary N) is 1. The van der Waals surface area contributed by atoms with Gasteiger partial charge >= 0.3 is 0 Å². The van der Waals surface area contributed by atoms with E-state index in [0.29, 0.717) is 0 Å². The Kier molecular flexibility index (Phi) is 5.27. The van der Waals surface area contributed by atoms with Gasteiger partial charge in [0, 0.05) is 6.07 Å². The monoisotopic (exact) mass is 291 g/mol. The first-order valence-electron chi connectivity index (χ1n) is 7.38. The first-order valence-corrected chi connectivity index (χ1v) is 7.38. The van der Waals surface area contributed by atoms with Crippen molar-refractivity contribution in [3.63, 3.8) is 0 Å². The molecule has 1 atom stereocenters. The molecule has 1 aromatic rings.